The third kappa shape index (κ3) is 6.65. The Balaban J connectivity index is 2.68. The van der Waals surface area contributed by atoms with E-state index in [9.17, 15) is 9.90 Å². The third-order valence-electron chi connectivity index (χ3n) is 2.93. The molecule has 23 heavy (non-hydrogen) atoms. The highest BCUT2D eigenvalue weighted by molar-refractivity contribution is 5.82. The highest BCUT2D eigenvalue weighted by Gasteiger charge is 2.18. The number of benzene rings is 1. The summed E-state index contributed by atoms with van der Waals surface area (Å²) in [6, 6.07) is 6.74. The maximum Gasteiger partial charge on any atom is 0.330 e. The Bertz CT molecular complexity index is 508. The van der Waals surface area contributed by atoms with E-state index in [1.54, 1.807) is 24.3 Å². The van der Waals surface area contributed by atoms with Gasteiger partial charge in [0.05, 0.1) is 6.61 Å². The lowest BCUT2D eigenvalue weighted by molar-refractivity contribution is -0.136. The van der Waals surface area contributed by atoms with Crippen LogP contribution in [0, 0.1) is 0 Å². The van der Waals surface area contributed by atoms with Crippen LogP contribution in [0.4, 0.5) is 0 Å². The second-order valence-electron chi connectivity index (χ2n) is 4.56. The van der Waals surface area contributed by atoms with E-state index < -0.39 is 18.2 Å². The molecule has 1 aromatic carbocycles. The Kier molecular flexibility index (Phi) is 8.67. The predicted octanol–water partition coefficient (Wildman–Crippen LogP) is 1.39. The molecule has 0 aliphatic rings. The maximum absolute atomic E-state index is 11.4. The van der Waals surface area contributed by atoms with E-state index in [0.717, 1.165) is 0 Å². The van der Waals surface area contributed by atoms with Gasteiger partial charge in [0.2, 0.25) is 0 Å². The van der Waals surface area contributed by atoms with Crippen LogP contribution in [0.15, 0.2) is 49.1 Å². The fourth-order valence-electron chi connectivity index (χ4n) is 1.79. The number of ether oxygens (including phenoxy) is 3. The van der Waals surface area contributed by atoms with Crippen molar-refractivity contribution in [3.8, 4) is 5.75 Å². The number of aliphatic hydroxyl groups is 2. The Morgan fingerprint density at radius 2 is 2.04 bits per heavy atom. The molecule has 0 unspecified atom stereocenters. The SMILES string of the molecule is C=CCOC(=O)/C=C/[C@H](OC)[C@@H](O)c1ccc(OCCO)cc1. The van der Waals surface area contributed by atoms with Gasteiger partial charge in [0.25, 0.3) is 0 Å². The van der Waals surface area contributed by atoms with E-state index >= 15 is 0 Å². The van der Waals surface area contributed by atoms with Crippen LogP contribution in [0.2, 0.25) is 0 Å². The van der Waals surface area contributed by atoms with Crippen LogP contribution >= 0.6 is 0 Å². The van der Waals surface area contributed by atoms with Crippen molar-refractivity contribution in [1.29, 1.82) is 0 Å². The molecule has 2 atom stereocenters. The zero-order chi connectivity index (χ0) is 17.1. The number of rotatable bonds is 10. The largest absolute Gasteiger partial charge is 0.491 e. The molecule has 0 aliphatic heterocycles. The number of hydrogen-bond donors (Lipinski definition) is 2. The summed E-state index contributed by atoms with van der Waals surface area (Å²) in [5, 5.41) is 19.0. The standard InChI is InChI=1S/C17H22O6/c1-3-11-23-16(19)9-8-15(21-2)17(20)13-4-6-14(7-5-13)22-12-10-18/h3-9,15,17-18,20H,1,10-12H2,2H3/b9-8+/t15-,17-/m0/s1. The smallest absolute Gasteiger partial charge is 0.330 e. The van der Waals surface area contributed by atoms with Gasteiger partial charge in [0.1, 0.15) is 31.2 Å². The van der Waals surface area contributed by atoms with Crippen LogP contribution in [-0.2, 0) is 14.3 Å². The summed E-state index contributed by atoms with van der Waals surface area (Å²) >= 11 is 0. The zero-order valence-electron chi connectivity index (χ0n) is 13.1. The van der Waals surface area contributed by atoms with Crippen LogP contribution in [0.25, 0.3) is 0 Å². The second-order valence-corrected chi connectivity index (χ2v) is 4.56. The lowest BCUT2D eigenvalue weighted by Crippen LogP contribution is -2.19. The van der Waals surface area contributed by atoms with Crippen molar-refractivity contribution in [1.82, 2.24) is 0 Å². The average molecular weight is 322 g/mol. The molecule has 2 N–H and O–H groups in total. The molecule has 0 heterocycles. The van der Waals surface area contributed by atoms with Crippen molar-refractivity contribution in [3.05, 3.63) is 54.6 Å². The first-order chi connectivity index (χ1) is 11.1. The van der Waals surface area contributed by atoms with Gasteiger partial charge in [-0.2, -0.15) is 0 Å². The summed E-state index contributed by atoms with van der Waals surface area (Å²) in [5.74, 6) is 0.0550. The van der Waals surface area contributed by atoms with Crippen LogP contribution in [0.1, 0.15) is 11.7 Å². The maximum atomic E-state index is 11.4. The Morgan fingerprint density at radius 1 is 1.35 bits per heavy atom. The average Bonchev–Trinajstić information content (AvgIpc) is 2.58. The van der Waals surface area contributed by atoms with Gasteiger partial charge in [0, 0.05) is 13.2 Å². The lowest BCUT2D eigenvalue weighted by Gasteiger charge is -2.19. The minimum Gasteiger partial charge on any atom is -0.491 e. The predicted molar refractivity (Wildman–Crippen MR) is 85.1 cm³/mol. The highest BCUT2D eigenvalue weighted by Crippen LogP contribution is 2.22. The molecule has 0 aliphatic carbocycles. The van der Waals surface area contributed by atoms with E-state index in [-0.39, 0.29) is 19.8 Å². The molecule has 0 saturated heterocycles. The molecular weight excluding hydrogens is 300 g/mol. The normalized spacial score (nSPS) is 13.5. The zero-order valence-corrected chi connectivity index (χ0v) is 13.1. The van der Waals surface area contributed by atoms with Gasteiger partial charge in [-0.05, 0) is 23.8 Å². The lowest BCUT2D eigenvalue weighted by atomic mass is 10.0. The molecule has 0 fully saturated rings. The van der Waals surface area contributed by atoms with E-state index in [2.05, 4.69) is 6.58 Å². The topological polar surface area (TPSA) is 85.2 Å². The van der Waals surface area contributed by atoms with Crippen molar-refractivity contribution in [3.63, 3.8) is 0 Å². The number of esters is 1. The van der Waals surface area contributed by atoms with Crippen molar-refractivity contribution < 1.29 is 29.2 Å². The minimum absolute atomic E-state index is 0.0666. The fourth-order valence-corrected chi connectivity index (χ4v) is 1.79. The van der Waals surface area contributed by atoms with E-state index in [0.29, 0.717) is 11.3 Å². The second kappa shape index (κ2) is 10.6. The summed E-state index contributed by atoms with van der Waals surface area (Å²) in [5.41, 5.74) is 0.609. The Hall–Kier alpha value is -2.15. The van der Waals surface area contributed by atoms with E-state index in [4.69, 9.17) is 19.3 Å². The Morgan fingerprint density at radius 3 is 2.61 bits per heavy atom. The fraction of sp³-hybridized carbons (Fsp3) is 0.353. The number of methoxy groups -OCH3 is 1. The summed E-state index contributed by atoms with van der Waals surface area (Å²) in [7, 11) is 1.44. The number of aliphatic hydroxyl groups excluding tert-OH is 2. The number of carbonyl (C=O) groups excluding carboxylic acids is 1. The van der Waals surface area contributed by atoms with Gasteiger partial charge in [-0.15, -0.1) is 0 Å². The first-order valence-corrected chi connectivity index (χ1v) is 7.12. The minimum atomic E-state index is -0.949. The molecule has 0 saturated carbocycles. The summed E-state index contributed by atoms with van der Waals surface area (Å²) in [6.45, 7) is 3.71. The molecule has 126 valence electrons. The van der Waals surface area contributed by atoms with E-state index in [1.807, 2.05) is 0 Å². The van der Waals surface area contributed by atoms with Crippen LogP contribution in [0.3, 0.4) is 0 Å². The summed E-state index contributed by atoms with van der Waals surface area (Å²) < 4.78 is 15.2. The molecule has 6 heteroatoms. The van der Waals surface area contributed by atoms with Crippen LogP contribution < -0.4 is 4.74 Å². The highest BCUT2D eigenvalue weighted by atomic mass is 16.5. The number of hydrogen-bond acceptors (Lipinski definition) is 6. The summed E-state index contributed by atoms with van der Waals surface area (Å²) in [6.07, 6.45) is 2.46. The molecule has 0 radical (unpaired) electrons. The first kappa shape index (κ1) is 18.9. The van der Waals surface area contributed by atoms with Crippen molar-refractivity contribution in [2.45, 2.75) is 12.2 Å². The molecule has 1 rings (SSSR count). The van der Waals surface area contributed by atoms with Crippen LogP contribution in [0.5, 0.6) is 5.75 Å². The van der Waals surface area contributed by atoms with Gasteiger partial charge in [-0.25, -0.2) is 4.79 Å². The van der Waals surface area contributed by atoms with Crippen molar-refractivity contribution in [2.75, 3.05) is 26.9 Å². The van der Waals surface area contributed by atoms with Gasteiger partial charge < -0.3 is 24.4 Å². The summed E-state index contributed by atoms with van der Waals surface area (Å²) in [4.78, 5) is 11.4. The molecule has 0 spiro atoms. The first-order valence-electron chi connectivity index (χ1n) is 7.12. The van der Waals surface area contributed by atoms with Gasteiger partial charge >= 0.3 is 5.97 Å². The van der Waals surface area contributed by atoms with Gasteiger partial charge in [0.15, 0.2) is 0 Å². The van der Waals surface area contributed by atoms with Crippen molar-refractivity contribution >= 4 is 5.97 Å². The van der Waals surface area contributed by atoms with Gasteiger partial charge in [-0.3, -0.25) is 0 Å². The monoisotopic (exact) mass is 322 g/mol. The molecule has 6 nitrogen and oxygen atoms in total. The van der Waals surface area contributed by atoms with Crippen LogP contribution in [-0.4, -0.2) is 49.2 Å². The molecular formula is C17H22O6. The third-order valence-corrected chi connectivity index (χ3v) is 2.93. The van der Waals surface area contributed by atoms with E-state index in [1.165, 1.54) is 25.3 Å². The Labute approximate surface area is 135 Å². The molecule has 0 amide bonds. The molecule has 1 aromatic rings. The van der Waals surface area contributed by atoms with Crippen molar-refractivity contribution in [2.24, 2.45) is 0 Å². The molecule has 0 aromatic heterocycles. The number of carbonyl (C=O) groups is 1. The quantitative estimate of drug-likeness (QED) is 0.385. The van der Waals surface area contributed by atoms with Gasteiger partial charge in [-0.1, -0.05) is 24.8 Å². The molecule has 0 bridgehead atoms.